The number of hydrogen-bond acceptors (Lipinski definition) is 0. The monoisotopic (exact) mass is 784 g/mol. The van der Waals surface area contributed by atoms with Gasteiger partial charge in [0, 0.05) is 0 Å². The zero-order valence-corrected chi connectivity index (χ0v) is 29.2. The first kappa shape index (κ1) is 36.8. The molecule has 0 saturated heterocycles. The zero-order valence-electron chi connectivity index (χ0n) is 24.2. The zero-order chi connectivity index (χ0) is 31.6. The standard InChI is InChI=1S/2C16H10F3.C3H7.CH3Si.Hf/c2*17-16(18,19)13-9-7-12(8-10-13)15-6-2-4-11-3-1-5-14(11)15;1-3-2;1-2;/h2*1-10H;3H,1-2H3;1H,2H2;/q4*-1;+4. The minimum absolute atomic E-state index is 0. The van der Waals surface area contributed by atoms with E-state index < -0.39 is 23.5 Å². The van der Waals surface area contributed by atoms with E-state index >= 15 is 0 Å². The van der Waals surface area contributed by atoms with Crippen LogP contribution in [0.4, 0.5) is 26.3 Å². The van der Waals surface area contributed by atoms with E-state index in [9.17, 15) is 26.3 Å². The van der Waals surface area contributed by atoms with Crippen molar-refractivity contribution in [1.82, 2.24) is 0 Å². The summed E-state index contributed by atoms with van der Waals surface area (Å²) < 4.78 is 75.2. The molecule has 0 atom stereocenters. The Morgan fingerprint density at radius 3 is 1.16 bits per heavy atom. The summed E-state index contributed by atoms with van der Waals surface area (Å²) in [4.78, 5) is 0. The summed E-state index contributed by atoms with van der Waals surface area (Å²) in [5.74, 6) is 0. The molecule has 6 aromatic carbocycles. The van der Waals surface area contributed by atoms with Gasteiger partial charge in [0.1, 0.15) is 0 Å². The van der Waals surface area contributed by atoms with Gasteiger partial charge in [-0.25, -0.2) is 9.85 Å². The van der Waals surface area contributed by atoms with Gasteiger partial charge in [-0.15, -0.1) is 57.9 Å². The van der Waals surface area contributed by atoms with E-state index in [0.717, 1.165) is 68.1 Å². The van der Waals surface area contributed by atoms with E-state index in [-0.39, 0.29) is 25.8 Å². The van der Waals surface area contributed by atoms with Crippen molar-refractivity contribution >= 4 is 37.6 Å². The largest absolute Gasteiger partial charge is 4.00 e. The molecule has 0 spiro atoms. The summed E-state index contributed by atoms with van der Waals surface area (Å²) in [6.07, 6.45) is -2.05. The first-order valence-electron chi connectivity index (χ1n) is 13.3. The van der Waals surface area contributed by atoms with E-state index in [0.29, 0.717) is 0 Å². The third-order valence-corrected chi connectivity index (χ3v) is 6.40. The van der Waals surface area contributed by atoms with Crippen LogP contribution in [-0.4, -0.2) is 16.0 Å². The van der Waals surface area contributed by atoms with Crippen LogP contribution in [0.15, 0.2) is 121 Å². The molecule has 0 saturated carbocycles. The summed E-state index contributed by atoms with van der Waals surface area (Å²) in [7, 11) is 1.36. The maximum atomic E-state index is 12.5. The summed E-state index contributed by atoms with van der Waals surface area (Å²) in [5, 5.41) is 4.30. The molecule has 0 nitrogen and oxygen atoms in total. The third-order valence-electron chi connectivity index (χ3n) is 6.40. The predicted molar refractivity (Wildman–Crippen MR) is 170 cm³/mol. The van der Waals surface area contributed by atoms with Gasteiger partial charge in [-0.05, 0) is 35.4 Å². The van der Waals surface area contributed by atoms with Crippen LogP contribution in [0.25, 0.3) is 43.8 Å². The second-order valence-electron chi connectivity index (χ2n) is 9.40. The van der Waals surface area contributed by atoms with Gasteiger partial charge in [-0.2, -0.15) is 64.5 Å². The predicted octanol–water partition coefficient (Wildman–Crippen LogP) is 10.6. The van der Waals surface area contributed by atoms with E-state index in [4.69, 9.17) is 0 Å². The molecule has 6 rings (SSSR count). The van der Waals surface area contributed by atoms with E-state index in [2.05, 4.69) is 6.17 Å². The SMILES string of the molecule is C[CH-]C.FC(F)(F)c1ccc(-c2cccc3[cH-]ccc23)cc1.FC(F)(F)c1ccc(-c2cccc3[cH-]ccc23)cc1.[CH-]=[SiH2].[Hf+4]. The van der Waals surface area contributed by atoms with Crippen molar-refractivity contribution in [1.29, 1.82) is 0 Å². The normalized spacial score (nSPS) is 10.8. The van der Waals surface area contributed by atoms with Crippen LogP contribution >= 0.6 is 0 Å². The van der Waals surface area contributed by atoms with Crippen molar-refractivity contribution in [3.05, 3.63) is 139 Å². The Hall–Kier alpha value is -3.36. The molecule has 0 aliphatic heterocycles. The molecule has 224 valence electrons. The molecule has 0 radical (unpaired) electrons. The fraction of sp³-hybridized carbons (Fsp3) is 0.111. The van der Waals surface area contributed by atoms with E-state index in [1.165, 1.54) is 34.1 Å². The summed E-state index contributed by atoms with van der Waals surface area (Å²) >= 11 is 0. The molecular weight excluding hydrogens is 753 g/mol. The van der Waals surface area contributed by atoms with Gasteiger partial charge in [0.15, 0.2) is 0 Å². The molecule has 0 heterocycles. The van der Waals surface area contributed by atoms with Crippen molar-refractivity contribution < 1.29 is 52.2 Å². The van der Waals surface area contributed by atoms with Crippen LogP contribution in [0.1, 0.15) is 25.0 Å². The number of benzene rings is 4. The molecule has 6 aromatic rings. The quantitative estimate of drug-likeness (QED) is 0.0932. The second-order valence-corrected chi connectivity index (χ2v) is 9.40. The smallest absolute Gasteiger partial charge is 0.533 e. The van der Waals surface area contributed by atoms with Gasteiger partial charge in [0.05, 0.1) is 11.1 Å². The van der Waals surface area contributed by atoms with Crippen LogP contribution < -0.4 is 0 Å². The molecule has 0 amide bonds. The molecule has 0 unspecified atom stereocenters. The molecule has 0 aliphatic rings. The molecule has 0 N–H and O–H groups in total. The number of halogens is 6. The van der Waals surface area contributed by atoms with Gasteiger partial charge < -0.3 is 12.6 Å². The van der Waals surface area contributed by atoms with Gasteiger partial charge >= 0.3 is 38.2 Å². The Kier molecular flexibility index (Phi) is 13.9. The molecule has 0 aromatic heterocycles. The van der Waals surface area contributed by atoms with Gasteiger partial charge in [0.2, 0.25) is 0 Å². The molecule has 8 heteroatoms. The minimum atomic E-state index is -4.29. The first-order valence-corrected chi connectivity index (χ1v) is 14.1. The van der Waals surface area contributed by atoms with Crippen LogP contribution in [0, 0.1) is 6.42 Å². The Labute approximate surface area is 275 Å². The molecule has 44 heavy (non-hydrogen) atoms. The van der Waals surface area contributed by atoms with Gasteiger partial charge in [-0.3, -0.25) is 0 Å². The van der Waals surface area contributed by atoms with Crippen LogP contribution in [0.2, 0.25) is 0 Å². The maximum absolute atomic E-state index is 12.5. The van der Waals surface area contributed by atoms with Crippen LogP contribution in [0.5, 0.6) is 0 Å². The molecule has 0 aliphatic carbocycles. The Balaban J connectivity index is 0.000000263. The van der Waals surface area contributed by atoms with Crippen LogP contribution in [-0.2, 0) is 38.2 Å². The van der Waals surface area contributed by atoms with Crippen molar-refractivity contribution in [2.45, 2.75) is 26.2 Å². The first-order chi connectivity index (χ1) is 20.5. The fourth-order valence-electron chi connectivity index (χ4n) is 4.51. The average molecular weight is 783 g/mol. The fourth-order valence-corrected chi connectivity index (χ4v) is 4.51. The number of hydrogen-bond donors (Lipinski definition) is 0. The van der Waals surface area contributed by atoms with Gasteiger partial charge in [-0.1, -0.05) is 47.5 Å². The molecule has 0 bridgehead atoms. The van der Waals surface area contributed by atoms with Gasteiger partial charge in [0.25, 0.3) is 0 Å². The second kappa shape index (κ2) is 16.6. The summed E-state index contributed by atoms with van der Waals surface area (Å²) in [6, 6.07) is 34.0. The van der Waals surface area contributed by atoms with Crippen LogP contribution in [0.3, 0.4) is 0 Å². The Bertz CT molecular complexity index is 1580. The maximum Gasteiger partial charge on any atom is 4.00 e. The minimum Gasteiger partial charge on any atom is -0.533 e. The van der Waals surface area contributed by atoms with Crippen molar-refractivity contribution in [2.24, 2.45) is 0 Å². The Morgan fingerprint density at radius 1 is 0.545 bits per heavy atom. The van der Waals surface area contributed by atoms with E-state index in [1.54, 1.807) is 0 Å². The summed E-state index contributed by atoms with van der Waals surface area (Å²) in [6.45, 7) is 4.00. The number of fused-ring (bicyclic) bond motifs is 2. The third kappa shape index (κ3) is 9.32. The topological polar surface area (TPSA) is 0 Å². The van der Waals surface area contributed by atoms with E-state index in [1.807, 2.05) is 93.1 Å². The Morgan fingerprint density at radius 2 is 0.864 bits per heavy atom. The molecular formula is C36H30F6HfSi. The van der Waals surface area contributed by atoms with Crippen molar-refractivity contribution in [2.75, 3.05) is 0 Å². The van der Waals surface area contributed by atoms with Crippen molar-refractivity contribution in [3.8, 4) is 22.3 Å². The van der Waals surface area contributed by atoms with Crippen molar-refractivity contribution in [3.63, 3.8) is 0 Å². The molecule has 0 fully saturated rings. The average Bonchev–Trinajstić information content (AvgIpc) is 3.68. The number of rotatable bonds is 2. The summed E-state index contributed by atoms with van der Waals surface area (Å²) in [5.41, 5.74) is 2.26. The number of alkyl halides is 6.